The van der Waals surface area contributed by atoms with Crippen molar-refractivity contribution >= 4 is 0 Å². The minimum absolute atomic E-state index is 0.129. The lowest BCUT2D eigenvalue weighted by atomic mass is 9.68. The van der Waals surface area contributed by atoms with E-state index >= 15 is 0 Å². The summed E-state index contributed by atoms with van der Waals surface area (Å²) in [5.74, 6) is 0.833. The van der Waals surface area contributed by atoms with Crippen LogP contribution in [-0.4, -0.2) is 11.2 Å². The van der Waals surface area contributed by atoms with Crippen LogP contribution in [0.2, 0.25) is 0 Å². The molecule has 1 fully saturated rings. The second-order valence-electron chi connectivity index (χ2n) is 6.86. The smallest absolute Gasteiger partial charge is 0.125 e. The highest BCUT2D eigenvalue weighted by atomic mass is 16.5. The van der Waals surface area contributed by atoms with Gasteiger partial charge in [0.15, 0.2) is 0 Å². The van der Waals surface area contributed by atoms with Gasteiger partial charge in [-0.25, -0.2) is 0 Å². The fourth-order valence-corrected chi connectivity index (χ4v) is 2.82. The Kier molecular flexibility index (Phi) is 3.91. The lowest BCUT2D eigenvalue weighted by Gasteiger charge is -2.41. The Morgan fingerprint density at radius 3 is 2.21 bits per heavy atom. The maximum Gasteiger partial charge on any atom is 0.125 e. The van der Waals surface area contributed by atoms with Crippen LogP contribution in [0, 0.1) is 5.41 Å². The van der Waals surface area contributed by atoms with Crippen molar-refractivity contribution in [2.75, 3.05) is 0 Å². The van der Waals surface area contributed by atoms with Gasteiger partial charge < -0.3 is 9.84 Å². The van der Waals surface area contributed by atoms with Crippen molar-refractivity contribution in [2.45, 2.75) is 65.1 Å². The zero-order chi connectivity index (χ0) is 14.1. The van der Waals surface area contributed by atoms with Crippen molar-refractivity contribution in [3.8, 4) is 5.75 Å². The lowest BCUT2D eigenvalue weighted by molar-refractivity contribution is -0.0328. The zero-order valence-electron chi connectivity index (χ0n) is 12.6. The fourth-order valence-electron chi connectivity index (χ4n) is 2.82. The van der Waals surface area contributed by atoms with E-state index in [1.165, 1.54) is 0 Å². The third-order valence-corrected chi connectivity index (χ3v) is 4.18. The van der Waals surface area contributed by atoms with Crippen molar-refractivity contribution in [3.63, 3.8) is 0 Å². The van der Waals surface area contributed by atoms with Crippen LogP contribution in [0.15, 0.2) is 24.3 Å². The van der Waals surface area contributed by atoms with Gasteiger partial charge in [-0.15, -0.1) is 0 Å². The molecule has 1 aliphatic rings. The van der Waals surface area contributed by atoms with Gasteiger partial charge in [0.05, 0.1) is 11.7 Å². The monoisotopic (exact) mass is 262 g/mol. The second kappa shape index (κ2) is 5.16. The normalized spacial score (nSPS) is 21.4. The highest BCUT2D eigenvalue weighted by molar-refractivity contribution is 5.38. The molecule has 19 heavy (non-hydrogen) atoms. The molecule has 0 spiro atoms. The molecule has 0 unspecified atom stereocenters. The van der Waals surface area contributed by atoms with Crippen LogP contribution in [0.1, 0.15) is 58.9 Å². The van der Waals surface area contributed by atoms with E-state index in [-0.39, 0.29) is 6.10 Å². The third-order valence-electron chi connectivity index (χ3n) is 4.18. The molecule has 0 bridgehead atoms. The van der Waals surface area contributed by atoms with Crippen molar-refractivity contribution in [1.29, 1.82) is 0 Å². The summed E-state index contributed by atoms with van der Waals surface area (Å²) in [4.78, 5) is 0. The van der Waals surface area contributed by atoms with Crippen LogP contribution in [0.3, 0.4) is 0 Å². The quantitative estimate of drug-likeness (QED) is 0.882. The number of hydrogen-bond acceptors (Lipinski definition) is 2. The molecule has 0 amide bonds. The van der Waals surface area contributed by atoms with Gasteiger partial charge in [0.25, 0.3) is 0 Å². The maximum absolute atomic E-state index is 11.0. The van der Waals surface area contributed by atoms with Gasteiger partial charge in [-0.05, 0) is 51.0 Å². The molecule has 0 radical (unpaired) electrons. The number of para-hydroxylation sites is 1. The Morgan fingerprint density at radius 2 is 1.63 bits per heavy atom. The van der Waals surface area contributed by atoms with E-state index in [4.69, 9.17) is 4.74 Å². The first-order chi connectivity index (χ1) is 8.82. The van der Waals surface area contributed by atoms with Crippen molar-refractivity contribution in [1.82, 2.24) is 0 Å². The topological polar surface area (TPSA) is 29.5 Å². The van der Waals surface area contributed by atoms with E-state index in [1.54, 1.807) is 0 Å². The van der Waals surface area contributed by atoms with Crippen LogP contribution in [-0.2, 0) is 5.60 Å². The third kappa shape index (κ3) is 3.30. The molecule has 2 nitrogen and oxygen atoms in total. The van der Waals surface area contributed by atoms with Crippen molar-refractivity contribution in [3.05, 3.63) is 29.8 Å². The number of benzene rings is 1. The first kappa shape index (κ1) is 14.4. The minimum atomic E-state index is -0.721. The molecule has 1 aromatic rings. The molecule has 0 saturated heterocycles. The molecule has 1 aliphatic carbocycles. The van der Waals surface area contributed by atoms with Crippen LogP contribution in [0.25, 0.3) is 0 Å². The van der Waals surface area contributed by atoms with Gasteiger partial charge in [-0.2, -0.15) is 0 Å². The Hall–Kier alpha value is -1.02. The molecule has 1 aromatic carbocycles. The Bertz CT molecular complexity index is 425. The molecule has 2 heteroatoms. The van der Waals surface area contributed by atoms with E-state index in [0.29, 0.717) is 5.41 Å². The predicted octanol–water partition coefficient (Wildman–Crippen LogP) is 4.26. The number of hydrogen-bond donors (Lipinski definition) is 1. The van der Waals surface area contributed by atoms with E-state index in [9.17, 15) is 5.11 Å². The van der Waals surface area contributed by atoms with E-state index in [0.717, 1.165) is 37.0 Å². The summed E-state index contributed by atoms with van der Waals surface area (Å²) in [5.41, 5.74) is 0.584. The van der Waals surface area contributed by atoms with Gasteiger partial charge in [0.1, 0.15) is 5.75 Å². The highest BCUT2D eigenvalue weighted by Crippen LogP contribution is 2.47. The van der Waals surface area contributed by atoms with Gasteiger partial charge in [0.2, 0.25) is 0 Å². The zero-order valence-corrected chi connectivity index (χ0v) is 12.6. The van der Waals surface area contributed by atoms with Crippen LogP contribution in [0.5, 0.6) is 5.75 Å². The summed E-state index contributed by atoms with van der Waals surface area (Å²) in [6.45, 7) is 8.60. The molecule has 0 heterocycles. The highest BCUT2D eigenvalue weighted by Gasteiger charge is 2.39. The molecule has 2 rings (SSSR count). The summed E-state index contributed by atoms with van der Waals surface area (Å²) in [6.07, 6.45) is 3.88. The first-order valence-electron chi connectivity index (χ1n) is 7.31. The van der Waals surface area contributed by atoms with Crippen molar-refractivity contribution in [2.24, 2.45) is 5.41 Å². The summed E-state index contributed by atoms with van der Waals surface area (Å²) < 4.78 is 5.86. The summed E-state index contributed by atoms with van der Waals surface area (Å²) in [5, 5.41) is 11.0. The molecular formula is C17H26O2. The lowest BCUT2D eigenvalue weighted by Crippen LogP contribution is -2.35. The van der Waals surface area contributed by atoms with Gasteiger partial charge in [0, 0.05) is 5.56 Å². The summed E-state index contributed by atoms with van der Waals surface area (Å²) >= 11 is 0. The van der Waals surface area contributed by atoms with Gasteiger partial charge >= 0.3 is 0 Å². The first-order valence-corrected chi connectivity index (χ1v) is 7.31. The van der Waals surface area contributed by atoms with Crippen molar-refractivity contribution < 1.29 is 9.84 Å². The Labute approximate surface area is 116 Å². The molecule has 106 valence electrons. The van der Waals surface area contributed by atoms with E-state index in [2.05, 4.69) is 13.8 Å². The SMILES string of the molecule is CC(C)Oc1ccccc1C1(O)CCC(C)(C)CC1. The van der Waals surface area contributed by atoms with Crippen LogP contribution < -0.4 is 4.74 Å². The average molecular weight is 262 g/mol. The van der Waals surface area contributed by atoms with E-state index < -0.39 is 5.60 Å². The van der Waals surface area contributed by atoms with Gasteiger partial charge in [-0.3, -0.25) is 0 Å². The Balaban J connectivity index is 2.26. The molecule has 0 atom stereocenters. The minimum Gasteiger partial charge on any atom is -0.491 e. The summed E-state index contributed by atoms with van der Waals surface area (Å²) in [6, 6.07) is 7.93. The average Bonchev–Trinajstić information content (AvgIpc) is 2.33. The largest absolute Gasteiger partial charge is 0.491 e. The maximum atomic E-state index is 11.0. The second-order valence-corrected chi connectivity index (χ2v) is 6.86. The molecule has 0 aliphatic heterocycles. The number of ether oxygens (including phenoxy) is 1. The molecule has 1 saturated carbocycles. The molecule has 1 N–H and O–H groups in total. The van der Waals surface area contributed by atoms with Gasteiger partial charge in [-0.1, -0.05) is 32.0 Å². The predicted molar refractivity (Wildman–Crippen MR) is 78.4 cm³/mol. The molecular weight excluding hydrogens is 236 g/mol. The van der Waals surface area contributed by atoms with E-state index in [1.807, 2.05) is 38.1 Å². The van der Waals surface area contributed by atoms with Crippen LogP contribution >= 0.6 is 0 Å². The number of aliphatic hydroxyl groups is 1. The molecule has 0 aromatic heterocycles. The number of rotatable bonds is 3. The Morgan fingerprint density at radius 1 is 1.05 bits per heavy atom. The summed E-state index contributed by atoms with van der Waals surface area (Å²) in [7, 11) is 0. The fraction of sp³-hybridized carbons (Fsp3) is 0.647. The standard InChI is InChI=1S/C17H26O2/c1-13(2)19-15-8-6-5-7-14(15)17(18)11-9-16(3,4)10-12-17/h5-8,13,18H,9-12H2,1-4H3. The van der Waals surface area contributed by atoms with Crippen LogP contribution in [0.4, 0.5) is 0 Å².